The van der Waals surface area contributed by atoms with Gasteiger partial charge in [0.15, 0.2) is 5.75 Å². The molecule has 0 bridgehead atoms. The number of nitro benzene ring substituents is 1. The Morgan fingerprint density at radius 1 is 1.40 bits per heavy atom. The maximum atomic E-state index is 10.8. The molecule has 0 fully saturated rings. The molecule has 8 heteroatoms. The molecule has 0 heterocycles. The van der Waals surface area contributed by atoms with Crippen LogP contribution in [0.15, 0.2) is 17.0 Å². The van der Waals surface area contributed by atoms with E-state index in [4.69, 9.17) is 9.66 Å². The van der Waals surface area contributed by atoms with Crippen LogP contribution in [0.1, 0.15) is 5.56 Å². The summed E-state index contributed by atoms with van der Waals surface area (Å²) in [5.41, 5.74) is -0.742. The van der Waals surface area contributed by atoms with E-state index in [1.165, 1.54) is 6.92 Å². The second-order valence-corrected chi connectivity index (χ2v) is 4.23. The van der Waals surface area contributed by atoms with Gasteiger partial charge in [-0.3, -0.25) is 14.7 Å². The number of benzene rings is 1. The first-order valence-electron chi connectivity index (χ1n) is 3.69. The number of hydrogen-bond acceptors (Lipinski definition) is 5. The second kappa shape index (κ2) is 3.48. The Balaban J connectivity index is 3.58. The van der Waals surface area contributed by atoms with Crippen LogP contribution in [0.4, 0.5) is 5.69 Å². The molecule has 7 nitrogen and oxygen atoms in total. The average Bonchev–Trinajstić information content (AvgIpc) is 2.00. The average molecular weight is 233 g/mol. The van der Waals surface area contributed by atoms with Crippen LogP contribution in [-0.4, -0.2) is 23.0 Å². The molecule has 0 saturated heterocycles. The third kappa shape index (κ3) is 2.22. The van der Waals surface area contributed by atoms with Gasteiger partial charge in [-0.1, -0.05) is 0 Å². The minimum atomic E-state index is -4.52. The van der Waals surface area contributed by atoms with E-state index in [0.29, 0.717) is 6.07 Å². The van der Waals surface area contributed by atoms with Crippen LogP contribution in [0.5, 0.6) is 5.75 Å². The van der Waals surface area contributed by atoms with Crippen molar-refractivity contribution in [3.63, 3.8) is 0 Å². The summed E-state index contributed by atoms with van der Waals surface area (Å²) in [6, 6.07) is 1.52. The molecule has 0 atom stereocenters. The summed E-state index contributed by atoms with van der Waals surface area (Å²) < 4.78 is 30.3. The zero-order valence-electron chi connectivity index (χ0n) is 7.54. The fourth-order valence-electron chi connectivity index (χ4n) is 1.09. The zero-order chi connectivity index (χ0) is 11.8. The van der Waals surface area contributed by atoms with E-state index < -0.39 is 31.4 Å². The molecule has 0 saturated carbocycles. The first-order valence-corrected chi connectivity index (χ1v) is 5.13. The van der Waals surface area contributed by atoms with Crippen LogP contribution < -0.4 is 0 Å². The van der Waals surface area contributed by atoms with Gasteiger partial charge >= 0.3 is 5.69 Å². The molecule has 0 unspecified atom stereocenters. The molecule has 0 aliphatic heterocycles. The summed E-state index contributed by atoms with van der Waals surface area (Å²) in [4.78, 5) is 8.85. The highest BCUT2D eigenvalue weighted by Crippen LogP contribution is 2.30. The number of nitrogens with zero attached hydrogens (tertiary/aromatic N) is 1. The molecule has 15 heavy (non-hydrogen) atoms. The Kier molecular flexibility index (Phi) is 2.65. The number of phenols is 1. The largest absolute Gasteiger partial charge is 0.502 e. The smallest absolute Gasteiger partial charge is 0.312 e. The highest BCUT2D eigenvalue weighted by Gasteiger charge is 2.22. The van der Waals surface area contributed by atoms with Crippen molar-refractivity contribution >= 4 is 15.8 Å². The van der Waals surface area contributed by atoms with Crippen molar-refractivity contribution in [3.05, 3.63) is 27.8 Å². The Morgan fingerprint density at radius 3 is 2.33 bits per heavy atom. The Morgan fingerprint density at radius 2 is 1.93 bits per heavy atom. The van der Waals surface area contributed by atoms with E-state index >= 15 is 0 Å². The van der Waals surface area contributed by atoms with Gasteiger partial charge in [-0.25, -0.2) is 0 Å². The van der Waals surface area contributed by atoms with E-state index in [2.05, 4.69) is 0 Å². The number of nitro groups is 1. The van der Waals surface area contributed by atoms with Crippen LogP contribution in [-0.2, 0) is 10.1 Å². The predicted octanol–water partition coefficient (Wildman–Crippen LogP) is 0.856. The lowest BCUT2D eigenvalue weighted by Gasteiger charge is -2.03. The first kappa shape index (κ1) is 11.4. The van der Waals surface area contributed by atoms with Gasteiger partial charge in [0, 0.05) is 6.07 Å². The zero-order valence-corrected chi connectivity index (χ0v) is 8.35. The van der Waals surface area contributed by atoms with Crippen molar-refractivity contribution in [2.75, 3.05) is 0 Å². The lowest BCUT2D eigenvalue weighted by Crippen LogP contribution is -2.02. The Bertz CT molecular complexity index is 521. The summed E-state index contributed by atoms with van der Waals surface area (Å²) in [6.07, 6.45) is 0. The minimum Gasteiger partial charge on any atom is -0.502 e. The van der Waals surface area contributed by atoms with Gasteiger partial charge in [-0.2, -0.15) is 8.42 Å². The lowest BCUT2D eigenvalue weighted by atomic mass is 10.2. The second-order valence-electron chi connectivity index (χ2n) is 2.84. The molecule has 82 valence electrons. The maximum Gasteiger partial charge on any atom is 0.312 e. The summed E-state index contributed by atoms with van der Waals surface area (Å²) in [5.74, 6) is -0.648. The van der Waals surface area contributed by atoms with Crippen LogP contribution in [0, 0.1) is 17.0 Å². The van der Waals surface area contributed by atoms with Crippen molar-refractivity contribution in [1.29, 1.82) is 0 Å². The monoisotopic (exact) mass is 233 g/mol. The van der Waals surface area contributed by atoms with Gasteiger partial charge in [-0.15, -0.1) is 0 Å². The third-order valence-electron chi connectivity index (χ3n) is 1.75. The summed E-state index contributed by atoms with van der Waals surface area (Å²) >= 11 is 0. The van der Waals surface area contributed by atoms with Crippen molar-refractivity contribution < 1.29 is 23.0 Å². The van der Waals surface area contributed by atoms with Crippen molar-refractivity contribution in [2.24, 2.45) is 0 Å². The van der Waals surface area contributed by atoms with Crippen LogP contribution in [0.2, 0.25) is 0 Å². The molecule has 2 N–H and O–H groups in total. The lowest BCUT2D eigenvalue weighted by molar-refractivity contribution is -0.386. The van der Waals surface area contributed by atoms with E-state index in [9.17, 15) is 18.5 Å². The van der Waals surface area contributed by atoms with Crippen LogP contribution in [0.3, 0.4) is 0 Å². The Labute approximate surface area is 84.9 Å². The van der Waals surface area contributed by atoms with Gasteiger partial charge in [-0.05, 0) is 18.6 Å². The molecule has 0 aromatic heterocycles. The third-order valence-corrected chi connectivity index (χ3v) is 2.74. The van der Waals surface area contributed by atoms with Gasteiger partial charge in [0.25, 0.3) is 10.1 Å². The highest BCUT2D eigenvalue weighted by molar-refractivity contribution is 7.85. The number of aryl methyl sites for hydroxylation is 1. The quantitative estimate of drug-likeness (QED) is 0.444. The number of aromatic hydroxyl groups is 1. The topological polar surface area (TPSA) is 118 Å². The summed E-state index contributed by atoms with van der Waals surface area (Å²) in [5, 5.41) is 19.5. The number of phenolic OH excluding ortho intramolecular Hbond substituents is 1. The van der Waals surface area contributed by atoms with E-state index in [1.807, 2.05) is 0 Å². The Hall–Kier alpha value is -1.67. The minimum absolute atomic E-state index is 0.0283. The molecular weight excluding hydrogens is 226 g/mol. The first-order chi connectivity index (χ1) is 6.73. The molecule has 0 spiro atoms. The van der Waals surface area contributed by atoms with E-state index in [1.54, 1.807) is 0 Å². The molecule has 0 amide bonds. The van der Waals surface area contributed by atoms with Gasteiger partial charge in [0.05, 0.1) is 4.92 Å². The molecule has 0 aliphatic rings. The SMILES string of the molecule is Cc1cc(O)c([N+](=O)[O-])cc1S(=O)(=O)O. The van der Waals surface area contributed by atoms with Crippen LogP contribution >= 0.6 is 0 Å². The predicted molar refractivity (Wildman–Crippen MR) is 49.3 cm³/mol. The van der Waals surface area contributed by atoms with Crippen molar-refractivity contribution in [2.45, 2.75) is 11.8 Å². The molecule has 1 rings (SSSR count). The van der Waals surface area contributed by atoms with Crippen molar-refractivity contribution in [1.82, 2.24) is 0 Å². The van der Waals surface area contributed by atoms with Gasteiger partial charge in [0.2, 0.25) is 0 Å². The number of hydrogen-bond donors (Lipinski definition) is 2. The molecule has 1 aromatic rings. The van der Waals surface area contributed by atoms with E-state index in [0.717, 1.165) is 6.07 Å². The van der Waals surface area contributed by atoms with Crippen LogP contribution in [0.25, 0.3) is 0 Å². The molecule has 1 aromatic carbocycles. The molecule has 0 radical (unpaired) electrons. The number of rotatable bonds is 2. The fraction of sp³-hybridized carbons (Fsp3) is 0.143. The highest BCUT2D eigenvalue weighted by atomic mass is 32.2. The molecular formula is C7H7NO6S. The standard InChI is InChI=1S/C7H7NO6S/c1-4-2-6(9)5(8(10)11)3-7(4)15(12,13)14/h2-3,9H,1H3,(H,12,13,14). The fourth-order valence-corrected chi connectivity index (χ4v) is 1.81. The van der Waals surface area contributed by atoms with Gasteiger partial charge in [0.1, 0.15) is 4.90 Å². The normalized spacial score (nSPS) is 11.3. The van der Waals surface area contributed by atoms with Gasteiger partial charge < -0.3 is 5.11 Å². The molecule has 0 aliphatic carbocycles. The van der Waals surface area contributed by atoms with Crippen molar-refractivity contribution in [3.8, 4) is 5.75 Å². The van der Waals surface area contributed by atoms with E-state index in [-0.39, 0.29) is 5.56 Å². The summed E-state index contributed by atoms with van der Waals surface area (Å²) in [6.45, 7) is 1.30. The maximum absolute atomic E-state index is 10.8. The summed E-state index contributed by atoms with van der Waals surface area (Å²) in [7, 11) is -4.52.